The van der Waals surface area contributed by atoms with Crippen molar-refractivity contribution < 1.29 is 28.6 Å². The van der Waals surface area contributed by atoms with Crippen LogP contribution in [0.3, 0.4) is 0 Å². The number of benzene rings is 3. The summed E-state index contributed by atoms with van der Waals surface area (Å²) >= 11 is 5.38. The lowest BCUT2D eigenvalue weighted by Gasteiger charge is -2.31. The van der Waals surface area contributed by atoms with Gasteiger partial charge in [0.2, 0.25) is 17.7 Å². The largest absolute Gasteiger partial charge is 0.504 e. The standard InChI is InChI=1S/C30H23BrFN3O6S2/c1-2-41-21-13-15(3-12-20(21)36)23-24-25(28(39)35(27(24)38)19-10-4-16(31)5-11-19)42-29-26(23)43-30(40)34(29)14-22(37)33-18-8-6-17(32)7-9-18/h3-13,23-25,36H,2,14H2,1H3,(H,33,37). The Morgan fingerprint density at radius 1 is 1.05 bits per heavy atom. The van der Waals surface area contributed by atoms with Gasteiger partial charge >= 0.3 is 4.87 Å². The van der Waals surface area contributed by atoms with Gasteiger partial charge < -0.3 is 15.2 Å². The highest BCUT2D eigenvalue weighted by molar-refractivity contribution is 9.10. The molecule has 1 fully saturated rings. The minimum absolute atomic E-state index is 0.0823. The molecule has 3 atom stereocenters. The molecule has 3 unspecified atom stereocenters. The van der Waals surface area contributed by atoms with Crippen molar-refractivity contribution in [1.29, 1.82) is 0 Å². The van der Waals surface area contributed by atoms with E-state index in [0.29, 0.717) is 26.8 Å². The lowest BCUT2D eigenvalue weighted by Crippen LogP contribution is -2.33. The van der Waals surface area contributed by atoms with Crippen LogP contribution in [0.4, 0.5) is 15.8 Å². The van der Waals surface area contributed by atoms with Gasteiger partial charge in [0.1, 0.15) is 17.6 Å². The third-order valence-corrected chi connectivity index (χ3v) is 10.3. The monoisotopic (exact) mass is 683 g/mol. The molecule has 2 aliphatic rings. The normalized spacial score (nSPS) is 19.2. The maximum Gasteiger partial charge on any atom is 0.308 e. The van der Waals surface area contributed by atoms with E-state index in [9.17, 15) is 28.7 Å². The number of thiazole rings is 1. The van der Waals surface area contributed by atoms with Gasteiger partial charge in [0, 0.05) is 21.0 Å². The van der Waals surface area contributed by atoms with Crippen molar-refractivity contribution >= 4 is 68.1 Å². The predicted octanol–water partition coefficient (Wildman–Crippen LogP) is 5.35. The van der Waals surface area contributed by atoms with Crippen LogP contribution in [-0.2, 0) is 20.9 Å². The summed E-state index contributed by atoms with van der Waals surface area (Å²) < 4.78 is 21.0. The maximum absolute atomic E-state index is 14.0. The lowest BCUT2D eigenvalue weighted by molar-refractivity contribution is -0.122. The SMILES string of the molecule is CCOc1cc(C2c3sc(=O)n(CC(=O)Nc4ccc(F)cc4)c3SC3C(=O)N(c4ccc(Br)cc4)C(=O)C32)ccc1O. The van der Waals surface area contributed by atoms with Gasteiger partial charge in [-0.3, -0.25) is 23.7 Å². The number of carbonyl (C=O) groups excluding carboxylic acids is 3. The van der Waals surface area contributed by atoms with Crippen LogP contribution in [0.25, 0.3) is 0 Å². The molecule has 0 radical (unpaired) electrons. The summed E-state index contributed by atoms with van der Waals surface area (Å²) in [5, 5.41) is 12.6. The third-order valence-electron chi connectivity index (χ3n) is 7.21. The van der Waals surface area contributed by atoms with Crippen molar-refractivity contribution in [2.24, 2.45) is 5.92 Å². The summed E-state index contributed by atoms with van der Waals surface area (Å²) in [6.45, 7) is 1.71. The topological polar surface area (TPSA) is 118 Å². The van der Waals surface area contributed by atoms with Gasteiger partial charge in [-0.1, -0.05) is 45.1 Å². The fourth-order valence-corrected chi connectivity index (χ4v) is 8.37. The Hall–Kier alpha value is -3.94. The summed E-state index contributed by atoms with van der Waals surface area (Å²) in [6, 6.07) is 16.8. The third kappa shape index (κ3) is 5.36. The van der Waals surface area contributed by atoms with Crippen LogP contribution in [0.15, 0.2) is 81.0 Å². The number of amides is 3. The highest BCUT2D eigenvalue weighted by atomic mass is 79.9. The summed E-state index contributed by atoms with van der Waals surface area (Å²) in [4.78, 5) is 55.5. The van der Waals surface area contributed by atoms with Gasteiger partial charge in [-0.05, 0) is 73.2 Å². The quantitative estimate of drug-likeness (QED) is 0.252. The first kappa shape index (κ1) is 29.1. The van der Waals surface area contributed by atoms with E-state index < -0.39 is 45.5 Å². The number of carbonyl (C=O) groups is 3. The Morgan fingerprint density at radius 2 is 1.77 bits per heavy atom. The molecular formula is C30H23BrFN3O6S2. The maximum atomic E-state index is 14.0. The Morgan fingerprint density at radius 3 is 2.47 bits per heavy atom. The van der Waals surface area contributed by atoms with Gasteiger partial charge in [-0.15, -0.1) is 0 Å². The zero-order valence-electron chi connectivity index (χ0n) is 22.5. The number of phenolic OH excluding ortho intramolecular Hbond substituents is 1. The fourth-order valence-electron chi connectivity index (χ4n) is 5.33. The van der Waals surface area contributed by atoms with E-state index in [2.05, 4.69) is 21.2 Å². The van der Waals surface area contributed by atoms with Crippen LogP contribution < -0.4 is 19.8 Å². The number of imide groups is 1. The molecule has 1 aromatic heterocycles. The second-order valence-electron chi connectivity index (χ2n) is 9.87. The van der Waals surface area contributed by atoms with Crippen molar-refractivity contribution in [3.8, 4) is 11.5 Å². The predicted molar refractivity (Wildman–Crippen MR) is 164 cm³/mol. The van der Waals surface area contributed by atoms with Crippen LogP contribution in [0.2, 0.25) is 0 Å². The first-order valence-corrected chi connectivity index (χ1v) is 15.7. The number of nitrogens with zero attached hydrogens (tertiary/aromatic N) is 2. The second kappa shape index (κ2) is 11.6. The number of aromatic nitrogens is 1. The molecule has 6 rings (SSSR count). The van der Waals surface area contributed by atoms with Crippen molar-refractivity contribution in [2.75, 3.05) is 16.8 Å². The number of phenols is 1. The fraction of sp³-hybridized carbons (Fsp3) is 0.200. The molecule has 0 bridgehead atoms. The second-order valence-corrected chi connectivity index (χ2v) is 12.9. The van der Waals surface area contributed by atoms with Gasteiger partial charge in [0.05, 0.1) is 23.2 Å². The Balaban J connectivity index is 1.43. The van der Waals surface area contributed by atoms with Crippen LogP contribution in [-0.4, -0.2) is 39.3 Å². The molecule has 9 nitrogen and oxygen atoms in total. The minimum atomic E-state index is -0.876. The smallest absolute Gasteiger partial charge is 0.308 e. The van der Waals surface area contributed by atoms with Crippen LogP contribution in [0.1, 0.15) is 23.3 Å². The summed E-state index contributed by atoms with van der Waals surface area (Å²) in [7, 11) is 0. The number of halogens is 2. The Bertz CT molecular complexity index is 1810. The van der Waals surface area contributed by atoms with Crippen molar-refractivity contribution in [1.82, 2.24) is 4.57 Å². The summed E-state index contributed by atoms with van der Waals surface area (Å²) in [5.41, 5.74) is 1.37. The molecule has 1 saturated heterocycles. The molecule has 3 aromatic carbocycles. The molecule has 13 heteroatoms. The highest BCUT2D eigenvalue weighted by Crippen LogP contribution is 2.54. The molecular weight excluding hydrogens is 661 g/mol. The van der Waals surface area contributed by atoms with Crippen molar-refractivity contribution in [3.63, 3.8) is 0 Å². The number of aromatic hydroxyl groups is 1. The summed E-state index contributed by atoms with van der Waals surface area (Å²) in [6.07, 6.45) is 0. The number of rotatable bonds is 7. The Labute approximate surface area is 261 Å². The number of nitrogens with one attached hydrogen (secondary N) is 1. The van der Waals surface area contributed by atoms with Gasteiger partial charge in [-0.2, -0.15) is 0 Å². The number of hydrogen-bond donors (Lipinski definition) is 2. The number of hydrogen-bond acceptors (Lipinski definition) is 8. The van der Waals surface area contributed by atoms with Crippen LogP contribution in [0, 0.1) is 11.7 Å². The van der Waals surface area contributed by atoms with E-state index in [1.165, 1.54) is 39.8 Å². The van der Waals surface area contributed by atoms with E-state index >= 15 is 0 Å². The average Bonchev–Trinajstić information content (AvgIpc) is 3.42. The van der Waals surface area contributed by atoms with Crippen LogP contribution in [0.5, 0.6) is 11.5 Å². The van der Waals surface area contributed by atoms with E-state index in [-0.39, 0.29) is 24.7 Å². The molecule has 0 aliphatic carbocycles. The first-order chi connectivity index (χ1) is 20.7. The first-order valence-electron chi connectivity index (χ1n) is 13.2. The number of anilines is 2. The molecule has 4 aromatic rings. The molecule has 0 saturated carbocycles. The number of ether oxygens (including phenoxy) is 1. The van der Waals surface area contributed by atoms with E-state index in [1.54, 1.807) is 43.3 Å². The number of fused-ring (bicyclic) bond motifs is 2. The van der Waals surface area contributed by atoms with Gasteiger partial charge in [-0.25, -0.2) is 9.29 Å². The molecule has 43 heavy (non-hydrogen) atoms. The van der Waals surface area contributed by atoms with E-state index in [4.69, 9.17) is 4.74 Å². The van der Waals surface area contributed by atoms with Crippen LogP contribution >= 0.6 is 39.0 Å². The molecule has 2 aliphatic heterocycles. The minimum Gasteiger partial charge on any atom is -0.504 e. The van der Waals surface area contributed by atoms with Crippen molar-refractivity contribution in [3.05, 3.63) is 97.1 Å². The van der Waals surface area contributed by atoms with Gasteiger partial charge in [0.15, 0.2) is 11.5 Å². The number of thioether (sulfide) groups is 1. The molecule has 3 amide bonds. The molecule has 0 spiro atoms. The highest BCUT2D eigenvalue weighted by Gasteiger charge is 2.57. The Kier molecular flexibility index (Phi) is 7.88. The zero-order valence-corrected chi connectivity index (χ0v) is 25.7. The lowest BCUT2D eigenvalue weighted by atomic mass is 9.83. The van der Waals surface area contributed by atoms with Crippen molar-refractivity contribution in [2.45, 2.75) is 29.7 Å². The van der Waals surface area contributed by atoms with E-state index in [0.717, 1.165) is 27.6 Å². The zero-order chi connectivity index (χ0) is 30.4. The summed E-state index contributed by atoms with van der Waals surface area (Å²) in [5.74, 6) is -3.25. The van der Waals surface area contributed by atoms with Gasteiger partial charge in [0.25, 0.3) is 0 Å². The average molecular weight is 685 g/mol. The molecule has 2 N–H and O–H groups in total. The molecule has 220 valence electrons. The molecule has 3 heterocycles. The van der Waals surface area contributed by atoms with E-state index in [1.807, 2.05) is 0 Å².